The lowest BCUT2D eigenvalue weighted by Gasteiger charge is -2.26. The highest BCUT2D eigenvalue weighted by atomic mass is 35.5. The highest BCUT2D eigenvalue weighted by Crippen LogP contribution is 2.31. The second kappa shape index (κ2) is 10.4. The minimum atomic E-state index is -0.706. The summed E-state index contributed by atoms with van der Waals surface area (Å²) >= 11 is 7.43. The zero-order valence-corrected chi connectivity index (χ0v) is 20.9. The van der Waals surface area contributed by atoms with Crippen molar-refractivity contribution in [2.45, 2.75) is 45.6 Å². The third-order valence-corrected chi connectivity index (χ3v) is 6.28. The Hall–Kier alpha value is -2.49. The molecule has 2 N–H and O–H groups in total. The fourth-order valence-corrected chi connectivity index (χ4v) is 4.72. The first kappa shape index (κ1) is 24.6. The van der Waals surface area contributed by atoms with Crippen LogP contribution in [-0.4, -0.2) is 44.8 Å². The first-order chi connectivity index (χ1) is 16.2. The molecular formula is C25H28ClN3O4S. The zero-order chi connectivity index (χ0) is 24.3. The molecule has 3 heterocycles. The number of benzene rings is 1. The molecule has 1 atom stereocenters. The molecule has 0 unspecified atom stereocenters. The Balaban J connectivity index is 1.56. The number of hydrogen-bond donors (Lipinski definition) is 2. The van der Waals surface area contributed by atoms with Crippen LogP contribution in [0.15, 0.2) is 57.3 Å². The summed E-state index contributed by atoms with van der Waals surface area (Å²) in [6.07, 6.45) is 0.908. The van der Waals surface area contributed by atoms with Crippen LogP contribution in [0.4, 0.5) is 0 Å². The van der Waals surface area contributed by atoms with Crippen molar-refractivity contribution in [1.82, 2.24) is 14.9 Å². The van der Waals surface area contributed by atoms with Crippen molar-refractivity contribution in [1.29, 1.82) is 0 Å². The van der Waals surface area contributed by atoms with Gasteiger partial charge in [0.1, 0.15) is 16.4 Å². The summed E-state index contributed by atoms with van der Waals surface area (Å²) in [5.41, 5.74) is 1.21. The van der Waals surface area contributed by atoms with Crippen molar-refractivity contribution in [3.05, 3.63) is 75.0 Å². The molecule has 3 aromatic heterocycles. The molecule has 0 spiro atoms. The van der Waals surface area contributed by atoms with Crippen LogP contribution in [0.5, 0.6) is 0 Å². The first-order valence-electron chi connectivity index (χ1n) is 11.0. The Kier molecular flexibility index (Phi) is 7.54. The van der Waals surface area contributed by atoms with Gasteiger partial charge in [-0.3, -0.25) is 9.69 Å². The number of aromatic nitrogens is 2. The van der Waals surface area contributed by atoms with Gasteiger partial charge in [0.25, 0.3) is 5.56 Å². The lowest BCUT2D eigenvalue weighted by molar-refractivity contribution is -0.0577. The van der Waals surface area contributed by atoms with E-state index in [0.717, 1.165) is 16.9 Å². The Labute approximate surface area is 207 Å². The molecule has 0 aliphatic rings. The van der Waals surface area contributed by atoms with Crippen LogP contribution in [0.1, 0.15) is 32.4 Å². The molecule has 180 valence electrons. The molecule has 1 aromatic carbocycles. The van der Waals surface area contributed by atoms with E-state index in [-0.39, 0.29) is 17.8 Å². The maximum atomic E-state index is 13.0. The average molecular weight is 502 g/mol. The number of nitrogens with zero attached hydrogens (tertiary/aromatic N) is 2. The number of furan rings is 1. The van der Waals surface area contributed by atoms with E-state index in [4.69, 9.17) is 25.7 Å². The number of halogens is 1. The number of hydrogen-bond acceptors (Lipinski definition) is 7. The van der Waals surface area contributed by atoms with Crippen LogP contribution in [0.3, 0.4) is 0 Å². The molecule has 0 saturated carbocycles. The summed E-state index contributed by atoms with van der Waals surface area (Å²) in [5.74, 6) is 1.28. The van der Waals surface area contributed by atoms with Gasteiger partial charge in [0.15, 0.2) is 0 Å². The lowest BCUT2D eigenvalue weighted by atomic mass is 10.1. The molecule has 0 aliphatic carbocycles. The normalized spacial score (nSPS) is 13.1. The Bertz CT molecular complexity index is 1280. The smallest absolute Gasteiger partial charge is 0.260 e. The number of fused-ring (bicyclic) bond motifs is 1. The van der Waals surface area contributed by atoms with E-state index in [2.05, 4.69) is 4.98 Å². The molecule has 0 radical (unpaired) electrons. The van der Waals surface area contributed by atoms with Crippen LogP contribution in [0.2, 0.25) is 5.02 Å². The van der Waals surface area contributed by atoms with Crippen LogP contribution in [0.25, 0.3) is 21.3 Å². The molecule has 0 amide bonds. The molecule has 7 nitrogen and oxygen atoms in total. The SMILES string of the molecule is CC(C)(C)OC[C@@H](O)CN(Cc1nc2scc(-c3ccc(Cl)cc3)c2c(=O)[nH]1)Cc1ccco1. The van der Waals surface area contributed by atoms with Crippen LogP contribution < -0.4 is 5.56 Å². The number of thiophene rings is 1. The van der Waals surface area contributed by atoms with E-state index >= 15 is 0 Å². The summed E-state index contributed by atoms with van der Waals surface area (Å²) in [6, 6.07) is 11.1. The molecule has 4 aromatic rings. The number of aliphatic hydroxyl groups excluding tert-OH is 1. The minimum Gasteiger partial charge on any atom is -0.468 e. The molecule has 0 bridgehead atoms. The van der Waals surface area contributed by atoms with E-state index < -0.39 is 6.10 Å². The van der Waals surface area contributed by atoms with E-state index in [9.17, 15) is 9.90 Å². The predicted octanol–water partition coefficient (Wildman–Crippen LogP) is 5.08. The Morgan fingerprint density at radius 2 is 2.00 bits per heavy atom. The molecular weight excluding hydrogens is 474 g/mol. The maximum Gasteiger partial charge on any atom is 0.260 e. The van der Waals surface area contributed by atoms with Crippen molar-refractivity contribution < 1.29 is 14.3 Å². The van der Waals surface area contributed by atoms with Crippen molar-refractivity contribution in [2.75, 3.05) is 13.2 Å². The Morgan fingerprint density at radius 3 is 2.68 bits per heavy atom. The molecule has 9 heteroatoms. The number of nitrogens with one attached hydrogen (secondary N) is 1. The van der Waals surface area contributed by atoms with Crippen molar-refractivity contribution in [2.24, 2.45) is 0 Å². The van der Waals surface area contributed by atoms with E-state index in [1.54, 1.807) is 18.4 Å². The summed E-state index contributed by atoms with van der Waals surface area (Å²) < 4.78 is 11.2. The van der Waals surface area contributed by atoms with Gasteiger partial charge in [0.2, 0.25) is 0 Å². The quantitative estimate of drug-likeness (QED) is 0.332. The van der Waals surface area contributed by atoms with Gasteiger partial charge in [-0.05, 0) is 50.6 Å². The van der Waals surface area contributed by atoms with Crippen LogP contribution in [0, 0.1) is 0 Å². The van der Waals surface area contributed by atoms with Gasteiger partial charge in [-0.15, -0.1) is 11.3 Å². The highest BCUT2D eigenvalue weighted by molar-refractivity contribution is 7.17. The minimum absolute atomic E-state index is 0.194. The van der Waals surface area contributed by atoms with E-state index in [1.165, 1.54) is 11.3 Å². The average Bonchev–Trinajstić information content (AvgIpc) is 3.42. The van der Waals surface area contributed by atoms with Gasteiger partial charge in [-0.1, -0.05) is 23.7 Å². The van der Waals surface area contributed by atoms with Gasteiger partial charge >= 0.3 is 0 Å². The summed E-state index contributed by atoms with van der Waals surface area (Å²) in [6.45, 7) is 7.18. The van der Waals surface area contributed by atoms with Gasteiger partial charge in [-0.2, -0.15) is 0 Å². The zero-order valence-electron chi connectivity index (χ0n) is 19.4. The van der Waals surface area contributed by atoms with Gasteiger partial charge in [-0.25, -0.2) is 4.98 Å². The lowest BCUT2D eigenvalue weighted by Crippen LogP contribution is -2.37. The fraction of sp³-hybridized carbons (Fsp3) is 0.360. The third kappa shape index (κ3) is 6.34. The number of H-pyrrole nitrogens is 1. The van der Waals surface area contributed by atoms with Crippen molar-refractivity contribution in [3.8, 4) is 11.1 Å². The maximum absolute atomic E-state index is 13.0. The monoisotopic (exact) mass is 501 g/mol. The topological polar surface area (TPSA) is 91.6 Å². The second-order valence-corrected chi connectivity index (χ2v) is 10.5. The third-order valence-electron chi connectivity index (χ3n) is 5.16. The van der Waals surface area contributed by atoms with Gasteiger partial charge in [0.05, 0.1) is 43.1 Å². The highest BCUT2D eigenvalue weighted by Gasteiger charge is 2.20. The first-order valence-corrected chi connectivity index (χ1v) is 12.3. The number of rotatable bonds is 9. The largest absolute Gasteiger partial charge is 0.468 e. The van der Waals surface area contributed by atoms with Gasteiger partial charge in [0, 0.05) is 22.5 Å². The fourth-order valence-electron chi connectivity index (χ4n) is 3.63. The summed E-state index contributed by atoms with van der Waals surface area (Å²) in [4.78, 5) is 23.3. The van der Waals surface area contributed by atoms with Crippen molar-refractivity contribution in [3.63, 3.8) is 0 Å². The number of aliphatic hydroxyl groups is 1. The number of aromatic amines is 1. The van der Waals surface area contributed by atoms with Gasteiger partial charge < -0.3 is 19.2 Å². The Morgan fingerprint density at radius 1 is 1.24 bits per heavy atom. The van der Waals surface area contributed by atoms with E-state index in [0.29, 0.717) is 40.7 Å². The molecule has 0 fully saturated rings. The molecule has 0 saturated heterocycles. The van der Waals surface area contributed by atoms with Crippen LogP contribution >= 0.6 is 22.9 Å². The summed E-state index contributed by atoms with van der Waals surface area (Å²) in [7, 11) is 0. The predicted molar refractivity (Wildman–Crippen MR) is 135 cm³/mol. The van der Waals surface area contributed by atoms with Crippen molar-refractivity contribution >= 4 is 33.2 Å². The molecule has 34 heavy (non-hydrogen) atoms. The molecule has 0 aliphatic heterocycles. The number of ether oxygens (including phenoxy) is 1. The van der Waals surface area contributed by atoms with E-state index in [1.807, 2.05) is 55.3 Å². The summed E-state index contributed by atoms with van der Waals surface area (Å²) in [5, 5.41) is 13.7. The second-order valence-electron chi connectivity index (χ2n) is 9.18. The molecule has 4 rings (SSSR count). The van der Waals surface area contributed by atoms with Crippen LogP contribution in [-0.2, 0) is 17.8 Å². The standard InChI is InChI=1S/C25H28ClN3O4S/c1-25(2,3)33-14-18(30)11-29(12-19-5-4-10-32-19)13-21-27-23(31)22-20(15-34-24(22)28-21)16-6-8-17(26)9-7-16/h4-10,15,18,30H,11-14H2,1-3H3,(H,27,28,31)/t18-/m0/s1.